The van der Waals surface area contributed by atoms with Gasteiger partial charge in [-0.2, -0.15) is 0 Å². The Kier molecular flexibility index (Phi) is 4.43. The maximum absolute atomic E-state index is 6.12. The van der Waals surface area contributed by atoms with Gasteiger partial charge in [-0.3, -0.25) is 4.57 Å². The van der Waals surface area contributed by atoms with E-state index >= 15 is 0 Å². The van der Waals surface area contributed by atoms with Crippen LogP contribution in [0.15, 0.2) is 60.8 Å². The molecule has 0 aliphatic heterocycles. The van der Waals surface area contributed by atoms with Crippen LogP contribution in [0.5, 0.6) is 0 Å². The molecule has 0 amide bonds. The average molecular weight is 323 g/mol. The van der Waals surface area contributed by atoms with Gasteiger partial charge in [-0.15, -0.1) is 13.2 Å². The number of anilines is 1. The largest absolute Gasteiger partial charge is 0.382 e. The van der Waals surface area contributed by atoms with E-state index in [4.69, 9.17) is 5.73 Å². The number of allylic oxidation sites excluding steroid dienone is 1. The van der Waals surface area contributed by atoms with Crippen molar-refractivity contribution in [3.8, 4) is 11.4 Å². The van der Waals surface area contributed by atoms with Gasteiger partial charge in [0, 0.05) is 17.9 Å². The monoisotopic (exact) mass is 323 g/mol. The van der Waals surface area contributed by atoms with E-state index in [1.807, 2.05) is 47.1 Å². The number of nitrogen functional groups attached to an aromatic ring is 1. The van der Waals surface area contributed by atoms with Gasteiger partial charge >= 0.3 is 0 Å². The number of fused-ring (bicyclic) bond motifs is 1. The van der Waals surface area contributed by atoms with Crippen molar-refractivity contribution in [3.05, 3.63) is 55.6 Å². The molecule has 5 nitrogen and oxygen atoms in total. The van der Waals surface area contributed by atoms with Crippen molar-refractivity contribution in [2.45, 2.75) is 11.7 Å². The van der Waals surface area contributed by atoms with E-state index in [1.165, 1.54) is 0 Å². The van der Waals surface area contributed by atoms with Crippen LogP contribution in [0.2, 0.25) is 0 Å². The Morgan fingerprint density at radius 3 is 2.57 bits per heavy atom. The van der Waals surface area contributed by atoms with Crippen LogP contribution in [0.3, 0.4) is 0 Å². The summed E-state index contributed by atoms with van der Waals surface area (Å²) in [7, 11) is 0. The second-order valence-corrected chi connectivity index (χ2v) is 5.85. The molecule has 0 saturated carbocycles. The SMILES string of the molecule is C=CCSc1nc2c(N)nc(-c3ccccc3)nc2n1CC=C. The molecule has 0 aliphatic carbocycles. The number of nitrogens with zero attached hydrogens (tertiary/aromatic N) is 4. The lowest BCUT2D eigenvalue weighted by Crippen LogP contribution is -2.02. The standard InChI is InChI=1S/C17H17N5S/c1-3-10-22-16-13(19-17(22)23-11-4-2)14(18)20-15(21-16)12-8-6-5-7-9-12/h3-9H,1-2,10-11H2,(H2,18,20,21). The normalized spacial score (nSPS) is 10.8. The summed E-state index contributed by atoms with van der Waals surface area (Å²) < 4.78 is 2.00. The number of hydrogen-bond acceptors (Lipinski definition) is 5. The molecule has 1 aromatic carbocycles. The van der Waals surface area contributed by atoms with Crippen LogP contribution >= 0.6 is 11.8 Å². The third-order valence-electron chi connectivity index (χ3n) is 3.26. The van der Waals surface area contributed by atoms with E-state index < -0.39 is 0 Å². The molecule has 0 saturated heterocycles. The number of benzene rings is 1. The quantitative estimate of drug-likeness (QED) is 0.555. The first kappa shape index (κ1) is 15.3. The lowest BCUT2D eigenvalue weighted by Gasteiger charge is -2.06. The summed E-state index contributed by atoms with van der Waals surface area (Å²) in [4.78, 5) is 13.7. The van der Waals surface area contributed by atoms with Crippen LogP contribution in [-0.4, -0.2) is 25.3 Å². The molecule has 6 heteroatoms. The van der Waals surface area contributed by atoms with Crippen LogP contribution in [0.4, 0.5) is 5.82 Å². The van der Waals surface area contributed by atoms with Crippen LogP contribution in [-0.2, 0) is 6.54 Å². The lowest BCUT2D eigenvalue weighted by atomic mass is 10.2. The maximum Gasteiger partial charge on any atom is 0.171 e. The molecule has 2 heterocycles. The first-order valence-electron chi connectivity index (χ1n) is 7.18. The molecular weight excluding hydrogens is 306 g/mol. The number of imidazole rings is 1. The zero-order valence-corrected chi connectivity index (χ0v) is 13.5. The van der Waals surface area contributed by atoms with Crippen molar-refractivity contribution in [3.63, 3.8) is 0 Å². The first-order valence-corrected chi connectivity index (χ1v) is 8.17. The van der Waals surface area contributed by atoms with Gasteiger partial charge in [0.2, 0.25) is 0 Å². The number of hydrogen-bond donors (Lipinski definition) is 1. The summed E-state index contributed by atoms with van der Waals surface area (Å²) in [6.07, 6.45) is 3.66. The van der Waals surface area contributed by atoms with Gasteiger partial charge in [-0.25, -0.2) is 15.0 Å². The topological polar surface area (TPSA) is 69.6 Å². The number of rotatable bonds is 6. The summed E-state index contributed by atoms with van der Waals surface area (Å²) >= 11 is 1.59. The fourth-order valence-electron chi connectivity index (χ4n) is 2.26. The van der Waals surface area contributed by atoms with E-state index in [1.54, 1.807) is 11.8 Å². The number of aromatic nitrogens is 4. The molecule has 0 bridgehead atoms. The molecule has 3 rings (SSSR count). The maximum atomic E-state index is 6.12. The van der Waals surface area contributed by atoms with Gasteiger partial charge in [0.05, 0.1) is 0 Å². The van der Waals surface area contributed by atoms with Gasteiger partial charge in [0.25, 0.3) is 0 Å². The van der Waals surface area contributed by atoms with Crippen molar-refractivity contribution in [1.29, 1.82) is 0 Å². The molecule has 2 N–H and O–H groups in total. The number of thioether (sulfide) groups is 1. The highest BCUT2D eigenvalue weighted by molar-refractivity contribution is 7.99. The Bertz CT molecular complexity index is 854. The predicted octanol–water partition coefficient (Wildman–Crippen LogP) is 3.54. The van der Waals surface area contributed by atoms with Gasteiger partial charge < -0.3 is 5.73 Å². The van der Waals surface area contributed by atoms with E-state index in [0.29, 0.717) is 23.7 Å². The smallest absolute Gasteiger partial charge is 0.171 e. The van der Waals surface area contributed by atoms with Crippen LogP contribution in [0.25, 0.3) is 22.6 Å². The molecule has 23 heavy (non-hydrogen) atoms. The highest BCUT2D eigenvalue weighted by atomic mass is 32.2. The molecule has 3 aromatic rings. The summed E-state index contributed by atoms with van der Waals surface area (Å²) in [6, 6.07) is 9.78. The van der Waals surface area contributed by atoms with Crippen molar-refractivity contribution >= 4 is 28.7 Å². The zero-order valence-electron chi connectivity index (χ0n) is 12.6. The van der Waals surface area contributed by atoms with E-state index in [2.05, 4.69) is 28.1 Å². The minimum Gasteiger partial charge on any atom is -0.382 e. The highest BCUT2D eigenvalue weighted by Crippen LogP contribution is 2.28. The second kappa shape index (κ2) is 6.66. The summed E-state index contributed by atoms with van der Waals surface area (Å²) in [6.45, 7) is 8.17. The molecule has 0 radical (unpaired) electrons. The third-order valence-corrected chi connectivity index (χ3v) is 4.23. The molecule has 0 atom stereocenters. The minimum atomic E-state index is 0.386. The fourth-order valence-corrected chi connectivity index (χ4v) is 3.00. The molecule has 0 spiro atoms. The first-order chi connectivity index (χ1) is 11.2. The Morgan fingerprint density at radius 2 is 1.87 bits per heavy atom. The van der Waals surface area contributed by atoms with Gasteiger partial charge in [0.15, 0.2) is 28.0 Å². The summed E-state index contributed by atoms with van der Waals surface area (Å²) in [5.74, 6) is 1.75. The molecule has 116 valence electrons. The van der Waals surface area contributed by atoms with Crippen LogP contribution < -0.4 is 5.73 Å². The molecule has 2 aromatic heterocycles. The average Bonchev–Trinajstić information content (AvgIpc) is 2.93. The molecule has 0 unspecified atom stereocenters. The van der Waals surface area contributed by atoms with Crippen LogP contribution in [0.1, 0.15) is 0 Å². The fraction of sp³-hybridized carbons (Fsp3) is 0.118. The molecule has 0 fully saturated rings. The Balaban J connectivity index is 2.19. The lowest BCUT2D eigenvalue weighted by molar-refractivity contribution is 0.741. The minimum absolute atomic E-state index is 0.386. The van der Waals surface area contributed by atoms with Gasteiger partial charge in [-0.05, 0) is 0 Å². The zero-order chi connectivity index (χ0) is 16.2. The molecular formula is C17H17N5S. The summed E-state index contributed by atoms with van der Waals surface area (Å²) in [5.41, 5.74) is 8.39. The van der Waals surface area contributed by atoms with Crippen molar-refractivity contribution < 1.29 is 0 Å². The van der Waals surface area contributed by atoms with Crippen molar-refractivity contribution in [1.82, 2.24) is 19.5 Å². The van der Waals surface area contributed by atoms with Gasteiger partial charge in [-0.1, -0.05) is 54.2 Å². The molecule has 0 aliphatic rings. The highest BCUT2D eigenvalue weighted by Gasteiger charge is 2.16. The van der Waals surface area contributed by atoms with Crippen molar-refractivity contribution in [2.75, 3.05) is 11.5 Å². The second-order valence-electron chi connectivity index (χ2n) is 4.86. The van der Waals surface area contributed by atoms with Crippen molar-refractivity contribution in [2.24, 2.45) is 0 Å². The van der Waals surface area contributed by atoms with E-state index in [-0.39, 0.29) is 0 Å². The Hall–Kier alpha value is -2.60. The number of nitrogens with two attached hydrogens (primary N) is 1. The van der Waals surface area contributed by atoms with E-state index in [9.17, 15) is 0 Å². The third kappa shape index (κ3) is 2.98. The summed E-state index contributed by atoms with van der Waals surface area (Å²) in [5, 5.41) is 0.839. The Labute approximate surface area is 139 Å². The predicted molar refractivity (Wildman–Crippen MR) is 96.3 cm³/mol. The van der Waals surface area contributed by atoms with E-state index in [0.717, 1.165) is 22.1 Å². The Morgan fingerprint density at radius 1 is 1.09 bits per heavy atom. The van der Waals surface area contributed by atoms with Gasteiger partial charge in [0.1, 0.15) is 0 Å². The van der Waals surface area contributed by atoms with Crippen LogP contribution in [0, 0.1) is 0 Å².